The van der Waals surface area contributed by atoms with Gasteiger partial charge in [0.1, 0.15) is 29.6 Å². The van der Waals surface area contributed by atoms with Gasteiger partial charge in [0.2, 0.25) is 0 Å². The minimum atomic E-state index is -4.91. The Morgan fingerprint density at radius 1 is 1.14 bits per heavy atom. The molecular formula is C27H27F4N7O4. The van der Waals surface area contributed by atoms with Gasteiger partial charge in [-0.2, -0.15) is 23.3 Å². The van der Waals surface area contributed by atoms with Gasteiger partial charge in [-0.1, -0.05) is 17.3 Å². The molecule has 0 radical (unpaired) electrons. The number of rotatable bonds is 11. The molecule has 1 aliphatic rings. The predicted octanol–water partition coefficient (Wildman–Crippen LogP) is 3.86. The van der Waals surface area contributed by atoms with Gasteiger partial charge in [-0.3, -0.25) is 4.79 Å². The summed E-state index contributed by atoms with van der Waals surface area (Å²) in [6.07, 6.45) is -2.77. The molecule has 42 heavy (non-hydrogen) atoms. The van der Waals surface area contributed by atoms with Crippen molar-refractivity contribution >= 4 is 11.5 Å². The van der Waals surface area contributed by atoms with Gasteiger partial charge in [0.15, 0.2) is 5.82 Å². The van der Waals surface area contributed by atoms with Crippen molar-refractivity contribution < 1.29 is 31.6 Å². The second-order valence-corrected chi connectivity index (χ2v) is 9.79. The van der Waals surface area contributed by atoms with Crippen molar-refractivity contribution in [2.75, 3.05) is 37.0 Å². The Bertz CT molecular complexity index is 1550. The highest BCUT2D eigenvalue weighted by Gasteiger charge is 2.38. The molecule has 0 amide bonds. The second kappa shape index (κ2) is 12.1. The van der Waals surface area contributed by atoms with E-state index in [9.17, 15) is 22.4 Å². The molecule has 1 aromatic carbocycles. The first-order chi connectivity index (χ1) is 20.1. The Balaban J connectivity index is 1.15. The van der Waals surface area contributed by atoms with Crippen LogP contribution in [0.15, 0.2) is 58.1 Å². The number of hydrogen-bond donors (Lipinski definition) is 1. The Morgan fingerprint density at radius 3 is 2.57 bits per heavy atom. The lowest BCUT2D eigenvalue weighted by Crippen LogP contribution is -2.45. The van der Waals surface area contributed by atoms with E-state index in [1.807, 2.05) is 4.90 Å². The average Bonchev–Trinajstić information content (AvgIpc) is 3.38. The molecule has 1 unspecified atom stereocenters. The lowest BCUT2D eigenvalue weighted by molar-refractivity contribution is -0.138. The van der Waals surface area contributed by atoms with E-state index in [1.54, 1.807) is 37.3 Å². The summed E-state index contributed by atoms with van der Waals surface area (Å²) >= 11 is 0. The van der Waals surface area contributed by atoms with Gasteiger partial charge < -0.3 is 24.2 Å². The number of aromatic nitrogens is 5. The van der Waals surface area contributed by atoms with Crippen molar-refractivity contribution in [3.63, 3.8) is 0 Å². The molecule has 4 aromatic rings. The smallest absolute Gasteiger partial charge is 0.423 e. The number of nitrogens with zero attached hydrogens (tertiary/aromatic N) is 6. The maximum Gasteiger partial charge on any atom is 0.423 e. The average molecular weight is 590 g/mol. The standard InChI is InChI=1S/C27H27F4N7O4/c1-16(14-41-15-23-35-25(36-42-23)18-12-37(13-18)22-8-5-19(28)9-32-22)34-21-10-33-38(26(39)24(21)27(29,30)31)11-17-3-6-20(40-2)7-4-17/h3-10,16,18,34H,11-15H2,1-2H3. The third kappa shape index (κ3) is 6.67. The Labute approximate surface area is 237 Å². The van der Waals surface area contributed by atoms with E-state index < -0.39 is 34.8 Å². The fraction of sp³-hybridized carbons (Fsp3) is 0.370. The van der Waals surface area contributed by atoms with Gasteiger partial charge in [-0.15, -0.1) is 0 Å². The molecule has 11 nitrogen and oxygen atoms in total. The van der Waals surface area contributed by atoms with E-state index in [0.717, 1.165) is 17.1 Å². The lowest BCUT2D eigenvalue weighted by Gasteiger charge is -2.38. The summed E-state index contributed by atoms with van der Waals surface area (Å²) in [7, 11) is 1.50. The minimum Gasteiger partial charge on any atom is -0.497 e. The minimum absolute atomic E-state index is 0.00933. The van der Waals surface area contributed by atoms with Crippen LogP contribution in [-0.4, -0.2) is 57.8 Å². The van der Waals surface area contributed by atoms with Gasteiger partial charge in [-0.25, -0.2) is 14.1 Å². The number of hydrogen-bond acceptors (Lipinski definition) is 10. The van der Waals surface area contributed by atoms with Gasteiger partial charge in [0.05, 0.1) is 44.3 Å². The van der Waals surface area contributed by atoms with E-state index in [1.165, 1.54) is 13.2 Å². The molecule has 0 saturated carbocycles. The SMILES string of the molecule is COc1ccc(Cn2ncc(NC(C)COCc3nc(C4CN(c5ccc(F)cn5)C4)no3)c(C(F)(F)F)c2=O)cc1. The third-order valence-corrected chi connectivity index (χ3v) is 6.58. The van der Waals surface area contributed by atoms with Crippen molar-refractivity contribution in [1.82, 2.24) is 24.9 Å². The van der Waals surface area contributed by atoms with Crippen LogP contribution in [0.25, 0.3) is 0 Å². The first-order valence-corrected chi connectivity index (χ1v) is 12.9. The van der Waals surface area contributed by atoms with Crippen LogP contribution in [0, 0.1) is 5.82 Å². The summed E-state index contributed by atoms with van der Waals surface area (Å²) in [5.41, 5.74) is -2.46. The number of halogens is 4. The van der Waals surface area contributed by atoms with Crippen molar-refractivity contribution in [3.8, 4) is 5.75 Å². The van der Waals surface area contributed by atoms with E-state index in [-0.39, 0.29) is 31.6 Å². The molecule has 0 bridgehead atoms. The zero-order valence-electron chi connectivity index (χ0n) is 22.6. The fourth-order valence-corrected chi connectivity index (χ4v) is 4.40. The van der Waals surface area contributed by atoms with Gasteiger partial charge in [0, 0.05) is 19.1 Å². The van der Waals surface area contributed by atoms with E-state index in [0.29, 0.717) is 36.0 Å². The molecule has 1 N–H and O–H groups in total. The molecule has 222 valence electrons. The number of anilines is 2. The number of benzene rings is 1. The van der Waals surface area contributed by atoms with Crippen LogP contribution in [0.3, 0.4) is 0 Å². The summed E-state index contributed by atoms with van der Waals surface area (Å²) < 4.78 is 71.4. The summed E-state index contributed by atoms with van der Waals surface area (Å²) in [6, 6.07) is 8.90. The van der Waals surface area contributed by atoms with E-state index >= 15 is 0 Å². The fourth-order valence-electron chi connectivity index (χ4n) is 4.40. The number of ether oxygens (including phenoxy) is 2. The maximum atomic E-state index is 13.9. The van der Waals surface area contributed by atoms with Gasteiger partial charge in [0.25, 0.3) is 11.4 Å². The lowest BCUT2D eigenvalue weighted by atomic mass is 9.99. The normalized spacial score (nSPS) is 14.5. The molecule has 0 aliphatic carbocycles. The van der Waals surface area contributed by atoms with E-state index in [2.05, 4.69) is 25.5 Å². The zero-order valence-corrected chi connectivity index (χ0v) is 22.6. The summed E-state index contributed by atoms with van der Waals surface area (Å²) in [6.45, 7) is 2.58. The monoisotopic (exact) mass is 589 g/mol. The first-order valence-electron chi connectivity index (χ1n) is 12.9. The van der Waals surface area contributed by atoms with Crippen LogP contribution in [0.4, 0.5) is 29.1 Å². The molecule has 1 atom stereocenters. The zero-order chi connectivity index (χ0) is 29.9. The van der Waals surface area contributed by atoms with Crippen LogP contribution in [0.2, 0.25) is 0 Å². The highest BCUT2D eigenvalue weighted by Crippen LogP contribution is 2.32. The quantitative estimate of drug-likeness (QED) is 0.258. The van der Waals surface area contributed by atoms with Crippen LogP contribution in [0.1, 0.15) is 35.7 Å². The molecule has 1 fully saturated rings. The van der Waals surface area contributed by atoms with Crippen LogP contribution < -0.4 is 20.5 Å². The van der Waals surface area contributed by atoms with Crippen molar-refractivity contribution in [2.24, 2.45) is 0 Å². The van der Waals surface area contributed by atoms with Gasteiger partial charge >= 0.3 is 6.18 Å². The van der Waals surface area contributed by atoms with Crippen molar-refractivity contribution in [2.45, 2.75) is 38.2 Å². The summed E-state index contributed by atoms with van der Waals surface area (Å²) in [4.78, 5) is 23.1. The van der Waals surface area contributed by atoms with E-state index in [4.69, 9.17) is 14.0 Å². The first kappa shape index (κ1) is 29.0. The predicted molar refractivity (Wildman–Crippen MR) is 142 cm³/mol. The van der Waals surface area contributed by atoms with Crippen LogP contribution >= 0.6 is 0 Å². The second-order valence-electron chi connectivity index (χ2n) is 9.79. The Kier molecular flexibility index (Phi) is 8.38. The number of nitrogens with one attached hydrogen (secondary N) is 1. The molecule has 4 heterocycles. The van der Waals surface area contributed by atoms with Crippen LogP contribution in [0.5, 0.6) is 5.75 Å². The molecule has 0 spiro atoms. The number of methoxy groups -OCH3 is 1. The topological polar surface area (TPSA) is 120 Å². The summed E-state index contributed by atoms with van der Waals surface area (Å²) in [5, 5.41) is 10.6. The molecule has 5 rings (SSSR count). The third-order valence-electron chi connectivity index (χ3n) is 6.58. The van der Waals surface area contributed by atoms with Crippen LogP contribution in [-0.2, 0) is 24.1 Å². The number of alkyl halides is 3. The molecule has 1 aliphatic heterocycles. The molecule has 1 saturated heterocycles. The highest BCUT2D eigenvalue weighted by atomic mass is 19.4. The number of pyridine rings is 1. The molecular weight excluding hydrogens is 562 g/mol. The Hall–Kier alpha value is -4.53. The molecule has 15 heteroatoms. The van der Waals surface area contributed by atoms with Crippen molar-refractivity contribution in [1.29, 1.82) is 0 Å². The maximum absolute atomic E-state index is 13.9. The van der Waals surface area contributed by atoms with Gasteiger partial charge in [-0.05, 0) is 36.8 Å². The largest absolute Gasteiger partial charge is 0.497 e. The highest BCUT2D eigenvalue weighted by molar-refractivity contribution is 5.50. The summed E-state index contributed by atoms with van der Waals surface area (Å²) in [5.74, 6) is 1.54. The van der Waals surface area contributed by atoms with Crippen molar-refractivity contribution in [3.05, 3.63) is 87.8 Å². The Morgan fingerprint density at radius 2 is 1.90 bits per heavy atom. The molecule has 3 aromatic heterocycles.